The Balaban J connectivity index is 2.39. The van der Waals surface area contributed by atoms with E-state index in [1.54, 1.807) is 4.31 Å². The minimum atomic E-state index is -3.34. The molecule has 0 amide bonds. The van der Waals surface area contributed by atoms with Gasteiger partial charge in [0.15, 0.2) is 0 Å². The van der Waals surface area contributed by atoms with Crippen molar-refractivity contribution >= 4 is 10.0 Å². The van der Waals surface area contributed by atoms with Crippen LogP contribution in [0.2, 0.25) is 0 Å². The van der Waals surface area contributed by atoms with Crippen LogP contribution >= 0.6 is 0 Å². The van der Waals surface area contributed by atoms with Gasteiger partial charge in [0.2, 0.25) is 10.0 Å². The van der Waals surface area contributed by atoms with Gasteiger partial charge >= 0.3 is 0 Å². The number of benzene rings is 1. The molecule has 1 aromatic rings. The van der Waals surface area contributed by atoms with E-state index in [0.717, 1.165) is 36.8 Å². The van der Waals surface area contributed by atoms with Gasteiger partial charge in [-0.05, 0) is 42.9 Å². The zero-order valence-corrected chi connectivity index (χ0v) is 13.5. The summed E-state index contributed by atoms with van der Waals surface area (Å²) in [5.74, 6) is 0.341. The fourth-order valence-electron chi connectivity index (χ4n) is 2.67. The Bertz CT molecular complexity index is 556. The first-order chi connectivity index (χ1) is 9.43. The highest BCUT2D eigenvalue weighted by Crippen LogP contribution is 2.26. The first-order valence-electron chi connectivity index (χ1n) is 7.53. The molecule has 1 saturated heterocycles. The van der Waals surface area contributed by atoms with Gasteiger partial charge in [-0.3, -0.25) is 0 Å². The second-order valence-electron chi connectivity index (χ2n) is 6.00. The highest BCUT2D eigenvalue weighted by Gasteiger charge is 2.26. The molecule has 1 fully saturated rings. The number of hydrogen-bond acceptors (Lipinski definition) is 2. The maximum Gasteiger partial charge on any atom is 0.243 e. The number of hydrogen-bond donors (Lipinski definition) is 0. The summed E-state index contributed by atoms with van der Waals surface area (Å²) in [5, 5.41) is 0. The predicted octanol–water partition coefficient (Wildman–Crippen LogP) is 3.68. The predicted molar refractivity (Wildman–Crippen MR) is 82.5 cm³/mol. The average Bonchev–Trinajstić information content (AvgIpc) is 2.68. The van der Waals surface area contributed by atoms with Crippen molar-refractivity contribution in [2.75, 3.05) is 13.1 Å². The van der Waals surface area contributed by atoms with Gasteiger partial charge in [-0.2, -0.15) is 4.31 Å². The molecule has 1 aliphatic rings. The van der Waals surface area contributed by atoms with Gasteiger partial charge in [-0.25, -0.2) is 8.42 Å². The van der Waals surface area contributed by atoms with Crippen LogP contribution in [0.25, 0.3) is 0 Å². The number of sulfonamides is 1. The zero-order chi connectivity index (χ0) is 14.8. The monoisotopic (exact) mass is 295 g/mol. The van der Waals surface area contributed by atoms with E-state index in [9.17, 15) is 8.42 Å². The van der Waals surface area contributed by atoms with E-state index in [2.05, 4.69) is 13.8 Å². The average molecular weight is 295 g/mol. The molecule has 2 rings (SSSR count). The maximum atomic E-state index is 12.9. The lowest BCUT2D eigenvalue weighted by Gasteiger charge is -2.22. The molecule has 0 saturated carbocycles. The second-order valence-corrected chi connectivity index (χ2v) is 7.90. The Kier molecular flexibility index (Phi) is 4.86. The Hall–Kier alpha value is -0.870. The number of rotatable bonds is 3. The third kappa shape index (κ3) is 3.23. The fraction of sp³-hybridized carbons (Fsp3) is 0.625. The molecule has 112 valence electrons. The molecule has 4 heteroatoms. The molecule has 1 aliphatic heterocycles. The SMILES string of the molecule is Cc1ccc(C(C)C)cc1S(=O)(=O)N1CCCCCC1. The molecule has 0 aliphatic carbocycles. The molecular formula is C16H25NO2S. The summed E-state index contributed by atoms with van der Waals surface area (Å²) < 4.78 is 27.4. The van der Waals surface area contributed by atoms with Crippen LogP contribution in [0.4, 0.5) is 0 Å². The van der Waals surface area contributed by atoms with Crippen LogP contribution in [0.5, 0.6) is 0 Å². The quantitative estimate of drug-likeness (QED) is 0.853. The van der Waals surface area contributed by atoms with E-state index in [0.29, 0.717) is 23.9 Å². The van der Waals surface area contributed by atoms with E-state index in [1.165, 1.54) is 0 Å². The summed E-state index contributed by atoms with van der Waals surface area (Å²) >= 11 is 0. The summed E-state index contributed by atoms with van der Waals surface area (Å²) in [4.78, 5) is 0.491. The summed E-state index contributed by atoms with van der Waals surface area (Å²) in [6.45, 7) is 7.39. The van der Waals surface area contributed by atoms with Crippen LogP contribution in [0.1, 0.15) is 56.6 Å². The van der Waals surface area contributed by atoms with Crippen molar-refractivity contribution in [3.8, 4) is 0 Å². The van der Waals surface area contributed by atoms with Gasteiger partial charge in [0, 0.05) is 13.1 Å². The Morgan fingerprint density at radius 2 is 1.65 bits per heavy atom. The van der Waals surface area contributed by atoms with Gasteiger partial charge in [0.1, 0.15) is 0 Å². The highest BCUT2D eigenvalue weighted by molar-refractivity contribution is 7.89. The van der Waals surface area contributed by atoms with Crippen LogP contribution in [0.15, 0.2) is 23.1 Å². The first kappa shape index (κ1) is 15.5. The Labute approximate surface area is 123 Å². The Morgan fingerprint density at radius 1 is 1.05 bits per heavy atom. The van der Waals surface area contributed by atoms with Crippen molar-refractivity contribution in [1.82, 2.24) is 4.31 Å². The second kappa shape index (κ2) is 6.27. The molecule has 0 spiro atoms. The van der Waals surface area contributed by atoms with Crippen LogP contribution < -0.4 is 0 Å². The third-order valence-electron chi connectivity index (χ3n) is 4.06. The van der Waals surface area contributed by atoms with E-state index < -0.39 is 10.0 Å². The van der Waals surface area contributed by atoms with E-state index in [4.69, 9.17) is 0 Å². The van der Waals surface area contributed by atoms with Gasteiger partial charge < -0.3 is 0 Å². The van der Waals surface area contributed by atoms with E-state index >= 15 is 0 Å². The minimum absolute atomic E-state index is 0.341. The van der Waals surface area contributed by atoms with Gasteiger partial charge in [-0.15, -0.1) is 0 Å². The minimum Gasteiger partial charge on any atom is -0.207 e. The largest absolute Gasteiger partial charge is 0.243 e. The topological polar surface area (TPSA) is 37.4 Å². The Morgan fingerprint density at radius 3 is 2.20 bits per heavy atom. The maximum absolute atomic E-state index is 12.9. The van der Waals surface area contributed by atoms with Gasteiger partial charge in [0.05, 0.1) is 4.90 Å². The number of aryl methyl sites for hydroxylation is 1. The summed E-state index contributed by atoms with van der Waals surface area (Å²) in [6, 6.07) is 5.82. The molecule has 0 radical (unpaired) electrons. The van der Waals surface area contributed by atoms with Crippen molar-refractivity contribution in [1.29, 1.82) is 0 Å². The van der Waals surface area contributed by atoms with Crippen LogP contribution in [-0.2, 0) is 10.0 Å². The lowest BCUT2D eigenvalue weighted by atomic mass is 10.0. The lowest BCUT2D eigenvalue weighted by Crippen LogP contribution is -2.32. The summed E-state index contributed by atoms with van der Waals surface area (Å²) in [7, 11) is -3.34. The molecule has 0 aromatic heterocycles. The highest BCUT2D eigenvalue weighted by atomic mass is 32.2. The van der Waals surface area contributed by atoms with Crippen LogP contribution in [0.3, 0.4) is 0 Å². The zero-order valence-electron chi connectivity index (χ0n) is 12.7. The van der Waals surface area contributed by atoms with E-state index in [1.807, 2.05) is 25.1 Å². The standard InChI is InChI=1S/C16H25NO2S/c1-13(2)15-9-8-14(3)16(12-15)20(18,19)17-10-6-4-5-7-11-17/h8-9,12-13H,4-7,10-11H2,1-3H3. The van der Waals surface area contributed by atoms with Crippen molar-refractivity contribution < 1.29 is 8.42 Å². The van der Waals surface area contributed by atoms with E-state index in [-0.39, 0.29) is 0 Å². The van der Waals surface area contributed by atoms with Crippen LogP contribution in [0, 0.1) is 6.92 Å². The lowest BCUT2D eigenvalue weighted by molar-refractivity contribution is 0.423. The molecule has 0 unspecified atom stereocenters. The first-order valence-corrected chi connectivity index (χ1v) is 8.97. The molecule has 0 N–H and O–H groups in total. The molecule has 1 heterocycles. The molecule has 3 nitrogen and oxygen atoms in total. The van der Waals surface area contributed by atoms with Gasteiger partial charge in [-0.1, -0.05) is 38.8 Å². The van der Waals surface area contributed by atoms with Crippen molar-refractivity contribution in [3.63, 3.8) is 0 Å². The van der Waals surface area contributed by atoms with Crippen molar-refractivity contribution in [3.05, 3.63) is 29.3 Å². The molecular weight excluding hydrogens is 270 g/mol. The molecule has 20 heavy (non-hydrogen) atoms. The molecule has 0 bridgehead atoms. The number of nitrogens with zero attached hydrogens (tertiary/aromatic N) is 1. The molecule has 0 atom stereocenters. The summed E-state index contributed by atoms with van der Waals surface area (Å²) in [6.07, 6.45) is 4.22. The van der Waals surface area contributed by atoms with Crippen molar-refractivity contribution in [2.24, 2.45) is 0 Å². The molecule has 1 aromatic carbocycles. The summed E-state index contributed by atoms with van der Waals surface area (Å²) in [5.41, 5.74) is 1.93. The van der Waals surface area contributed by atoms with Crippen LogP contribution in [-0.4, -0.2) is 25.8 Å². The third-order valence-corrected chi connectivity index (χ3v) is 6.10. The smallest absolute Gasteiger partial charge is 0.207 e. The normalized spacial score (nSPS) is 18.2. The van der Waals surface area contributed by atoms with Crippen molar-refractivity contribution in [2.45, 2.75) is 57.3 Å². The fourth-order valence-corrected chi connectivity index (χ4v) is 4.45. The van der Waals surface area contributed by atoms with Gasteiger partial charge in [0.25, 0.3) is 0 Å².